The van der Waals surface area contributed by atoms with Crippen molar-refractivity contribution in [1.82, 2.24) is 14.1 Å². The molecule has 0 atom stereocenters. The number of hydrogen-bond acceptors (Lipinski definition) is 3. The van der Waals surface area contributed by atoms with Gasteiger partial charge in [0.15, 0.2) is 0 Å². The van der Waals surface area contributed by atoms with E-state index in [1.165, 1.54) is 50.1 Å². The summed E-state index contributed by atoms with van der Waals surface area (Å²) in [6.07, 6.45) is 1.95. The van der Waals surface area contributed by atoms with Gasteiger partial charge in [-0.2, -0.15) is 0 Å². The van der Waals surface area contributed by atoms with Crippen LogP contribution in [0.15, 0.2) is 176 Å². The van der Waals surface area contributed by atoms with Crippen LogP contribution in [-0.2, 0) is 41.0 Å². The Morgan fingerprint density at radius 2 is 0.985 bits per heavy atom. The van der Waals surface area contributed by atoms with E-state index in [2.05, 4.69) is 266 Å². The van der Waals surface area contributed by atoms with E-state index in [1.807, 2.05) is 6.20 Å². The average molecular weight is 1060 g/mol. The number of imidazole rings is 1. The van der Waals surface area contributed by atoms with Crippen LogP contribution in [0.25, 0.3) is 33.5 Å². The summed E-state index contributed by atoms with van der Waals surface area (Å²) in [7, 11) is 0. The Morgan fingerprint density at radius 1 is 0.448 bits per heavy atom. The van der Waals surface area contributed by atoms with Crippen molar-refractivity contribution in [2.24, 2.45) is 0 Å². The number of benzene rings is 7. The van der Waals surface area contributed by atoms with Crippen molar-refractivity contribution in [3.8, 4) is 34.0 Å². The van der Waals surface area contributed by atoms with E-state index in [-0.39, 0.29) is 16.2 Å². The van der Waals surface area contributed by atoms with Gasteiger partial charge in [-0.25, -0.2) is 0 Å². The number of ether oxygens (including phenoxy) is 1. The van der Waals surface area contributed by atoms with Crippen molar-refractivity contribution in [3.63, 3.8) is 0 Å². The molecule has 6 heteroatoms. The van der Waals surface area contributed by atoms with Gasteiger partial charge in [0.2, 0.25) is 0 Å². The van der Waals surface area contributed by atoms with Crippen molar-refractivity contribution in [1.29, 1.82) is 0 Å². The zero-order valence-corrected chi connectivity index (χ0v) is 42.0. The molecule has 11 rings (SSSR count). The summed E-state index contributed by atoms with van der Waals surface area (Å²) < 4.78 is 12.9. The molecule has 2 aliphatic rings. The Labute approximate surface area is 405 Å². The zero-order valence-electron chi connectivity index (χ0n) is 39.8. The maximum absolute atomic E-state index is 7.03. The van der Waals surface area contributed by atoms with Crippen LogP contribution in [0.2, 0.25) is 0 Å². The van der Waals surface area contributed by atoms with E-state index in [4.69, 9.17) is 9.72 Å². The molecule has 2 aromatic heterocycles. The Kier molecular flexibility index (Phi) is 9.96. The van der Waals surface area contributed by atoms with E-state index in [0.29, 0.717) is 0 Å². The molecule has 7 aromatic carbocycles. The summed E-state index contributed by atoms with van der Waals surface area (Å²) >= 11 is 2.51. The van der Waals surface area contributed by atoms with Crippen molar-refractivity contribution in [2.75, 3.05) is 4.90 Å². The molecular formula is C61H56N4OPt. The van der Waals surface area contributed by atoms with Crippen LogP contribution in [0.4, 0.5) is 17.2 Å². The summed E-state index contributed by atoms with van der Waals surface area (Å²) in [5.74, 6) is 2.38. The quantitative estimate of drug-likeness (QED) is 0.172. The molecule has 0 saturated heterocycles. The molecule has 3 heterocycles. The van der Waals surface area contributed by atoms with Gasteiger partial charge in [0.05, 0.1) is 0 Å². The Hall–Kier alpha value is -6.55. The number of fused-ring (bicyclic) bond motifs is 10. The van der Waals surface area contributed by atoms with Crippen LogP contribution in [-0.4, -0.2) is 14.1 Å². The fourth-order valence-electron chi connectivity index (χ4n) is 10.4. The average Bonchev–Trinajstić information content (AvgIpc) is 3.77. The number of rotatable bonds is 5. The van der Waals surface area contributed by atoms with Gasteiger partial charge < -0.3 is 0 Å². The maximum atomic E-state index is 7.03. The standard InChI is InChI=1S/C61H56N4O.Pt/c1-58(2,3)40-31-32-62-57(36-40)65-53-26-15-14-25-51(53)61(49-23-12-10-21-47(49)48-22-11-13-24-50(48)61)52-30-29-46(38-56(52)65)66-45-20-18-19-43(37-45)63-39-64(55-28-17-16-27-54(55)63)44-34-41(59(4,5)6)33-42(35-44)60(7,8)9;/h10-38H,1-9H3;. The predicted molar refractivity (Wildman–Crippen MR) is 272 cm³/mol. The van der Waals surface area contributed by atoms with Gasteiger partial charge in [0.1, 0.15) is 0 Å². The second kappa shape index (κ2) is 15.5. The number of para-hydroxylation sites is 3. The molecule has 0 bridgehead atoms. The Balaban J connectivity index is 1.07. The second-order valence-corrected chi connectivity index (χ2v) is 22.3. The molecule has 5 nitrogen and oxygen atoms in total. The molecule has 1 aliphatic heterocycles. The van der Waals surface area contributed by atoms with Crippen molar-refractivity contribution in [2.45, 2.75) is 84.0 Å². The molecule has 0 saturated carbocycles. The number of anilines is 3. The Bertz CT molecular complexity index is 3420. The van der Waals surface area contributed by atoms with Gasteiger partial charge in [0.25, 0.3) is 0 Å². The van der Waals surface area contributed by atoms with Gasteiger partial charge in [-0.05, 0) is 28.2 Å². The van der Waals surface area contributed by atoms with E-state index < -0.39 is 5.41 Å². The third kappa shape index (κ3) is 6.91. The first-order chi connectivity index (χ1) is 32.0. The molecule has 0 amide bonds. The van der Waals surface area contributed by atoms with Crippen LogP contribution in [0.3, 0.4) is 0 Å². The normalized spacial score (nSPS) is 13.9. The van der Waals surface area contributed by atoms with Gasteiger partial charge in [-0.1, -0.05) is 87.5 Å². The summed E-state index contributed by atoms with van der Waals surface area (Å²) in [4.78, 5) is 7.46. The minimum absolute atomic E-state index is 0.0109. The van der Waals surface area contributed by atoms with Gasteiger partial charge in [-0.3, -0.25) is 0 Å². The summed E-state index contributed by atoms with van der Waals surface area (Å²) in [5.41, 5.74) is 17.3. The topological polar surface area (TPSA) is 35.2 Å². The second-order valence-electron chi connectivity index (χ2n) is 21.3. The predicted octanol–water partition coefficient (Wildman–Crippen LogP) is 15.7. The van der Waals surface area contributed by atoms with Crippen LogP contribution >= 0.6 is 0 Å². The van der Waals surface area contributed by atoms with Gasteiger partial charge in [-0.15, -0.1) is 0 Å². The van der Waals surface area contributed by atoms with E-state index in [1.54, 1.807) is 0 Å². The Morgan fingerprint density at radius 3 is 1.61 bits per heavy atom. The van der Waals surface area contributed by atoms with Gasteiger partial charge >= 0.3 is 286 Å². The SMILES string of the molecule is CC(C)(C)c1cc(-n2[c](=[Pt])n(-c3cccc(Oc4ccc5c(c4)N(c4cc(C(C)(C)C)ccn4)c4ccccc4C54c5ccccc5-c5ccccc54)c3)c3ccccc32)cc(C(C)(C)C)c1. The zero-order chi connectivity index (χ0) is 46.6. The summed E-state index contributed by atoms with van der Waals surface area (Å²) in [6, 6.07) is 62.2. The number of nitrogens with zero attached hydrogens (tertiary/aromatic N) is 4. The summed E-state index contributed by atoms with van der Waals surface area (Å²) in [6.45, 7) is 20.6. The summed E-state index contributed by atoms with van der Waals surface area (Å²) in [5, 5.41) is 0. The first-order valence-corrected chi connectivity index (χ1v) is 24.5. The van der Waals surface area contributed by atoms with E-state index in [9.17, 15) is 0 Å². The molecule has 1 aliphatic carbocycles. The molecule has 0 radical (unpaired) electrons. The molecule has 9 aromatic rings. The fraction of sp³-hybridized carbons (Fsp3) is 0.213. The van der Waals surface area contributed by atoms with Crippen molar-refractivity contribution >= 4 is 28.2 Å². The molecule has 0 unspecified atom stereocenters. The number of hydrogen-bond donors (Lipinski definition) is 0. The van der Waals surface area contributed by atoms with Crippen LogP contribution < -0.4 is 9.64 Å². The van der Waals surface area contributed by atoms with Crippen molar-refractivity contribution < 1.29 is 24.1 Å². The number of pyridine rings is 1. The molecule has 336 valence electrons. The third-order valence-corrected chi connectivity index (χ3v) is 14.9. The molecule has 0 fully saturated rings. The molecule has 0 N–H and O–H groups in total. The monoisotopic (exact) mass is 1060 g/mol. The van der Waals surface area contributed by atoms with Crippen LogP contribution in [0, 0.1) is 3.80 Å². The van der Waals surface area contributed by atoms with Crippen LogP contribution in [0.5, 0.6) is 11.5 Å². The van der Waals surface area contributed by atoms with Gasteiger partial charge in [0, 0.05) is 6.20 Å². The first kappa shape index (κ1) is 43.0. The first-order valence-electron chi connectivity index (χ1n) is 23.4. The van der Waals surface area contributed by atoms with Crippen LogP contribution in [0.1, 0.15) is 101 Å². The fourth-order valence-corrected chi connectivity index (χ4v) is 11.6. The molecule has 67 heavy (non-hydrogen) atoms. The third-order valence-electron chi connectivity index (χ3n) is 13.9. The van der Waals surface area contributed by atoms with E-state index >= 15 is 0 Å². The van der Waals surface area contributed by atoms with E-state index in [0.717, 1.165) is 54.9 Å². The molecular weight excluding hydrogens is 1000 g/mol. The minimum atomic E-state index is -0.558. The van der Waals surface area contributed by atoms with Crippen molar-refractivity contribution in [3.05, 3.63) is 219 Å². The number of aromatic nitrogens is 3. The molecule has 1 spiro atoms.